The summed E-state index contributed by atoms with van der Waals surface area (Å²) in [6, 6.07) is 1.99. The van der Waals surface area contributed by atoms with E-state index in [9.17, 15) is 0 Å². The first-order valence-corrected chi connectivity index (χ1v) is 5.88. The van der Waals surface area contributed by atoms with E-state index in [0.29, 0.717) is 5.88 Å². The van der Waals surface area contributed by atoms with Crippen molar-refractivity contribution in [1.82, 2.24) is 5.16 Å². The average molecular weight is 273 g/mol. The Morgan fingerprint density at radius 2 is 2.43 bits per heavy atom. The lowest BCUT2D eigenvalue weighted by molar-refractivity contribution is 0.439. The summed E-state index contributed by atoms with van der Waals surface area (Å²) < 4.78 is 6.01. The van der Waals surface area contributed by atoms with Crippen molar-refractivity contribution in [2.24, 2.45) is 0 Å². The van der Waals surface area contributed by atoms with Crippen molar-refractivity contribution in [1.29, 1.82) is 0 Å². The zero-order valence-corrected chi connectivity index (χ0v) is 9.98. The SMILES string of the molecule is CCc1c(-c2sccc2Br)noc1N. The second-order valence-corrected chi connectivity index (χ2v) is 4.60. The summed E-state index contributed by atoms with van der Waals surface area (Å²) in [5, 5.41) is 5.97. The molecule has 0 bridgehead atoms. The maximum absolute atomic E-state index is 5.67. The minimum Gasteiger partial charge on any atom is -0.367 e. The largest absolute Gasteiger partial charge is 0.367 e. The summed E-state index contributed by atoms with van der Waals surface area (Å²) in [5.74, 6) is 0.419. The number of aromatic nitrogens is 1. The Balaban J connectivity index is 2.57. The van der Waals surface area contributed by atoms with E-state index in [4.69, 9.17) is 10.3 Å². The highest BCUT2D eigenvalue weighted by Gasteiger charge is 2.16. The third-order valence-corrected chi connectivity index (χ3v) is 3.85. The van der Waals surface area contributed by atoms with Crippen LogP contribution in [0.2, 0.25) is 0 Å². The quantitative estimate of drug-likeness (QED) is 0.913. The van der Waals surface area contributed by atoms with E-state index in [-0.39, 0.29) is 0 Å². The molecule has 0 radical (unpaired) electrons. The van der Waals surface area contributed by atoms with Gasteiger partial charge < -0.3 is 10.3 Å². The van der Waals surface area contributed by atoms with Crippen molar-refractivity contribution < 1.29 is 4.52 Å². The van der Waals surface area contributed by atoms with Crippen LogP contribution in [0.1, 0.15) is 12.5 Å². The topological polar surface area (TPSA) is 52.0 Å². The molecule has 2 heterocycles. The molecular formula is C9H9BrN2OS. The van der Waals surface area contributed by atoms with Gasteiger partial charge in [-0.3, -0.25) is 0 Å². The van der Waals surface area contributed by atoms with Gasteiger partial charge in [0.15, 0.2) is 0 Å². The van der Waals surface area contributed by atoms with Gasteiger partial charge in [-0.05, 0) is 33.8 Å². The van der Waals surface area contributed by atoms with Crippen molar-refractivity contribution in [2.75, 3.05) is 5.73 Å². The molecule has 2 aromatic heterocycles. The fourth-order valence-corrected chi connectivity index (χ4v) is 2.87. The Labute approximate surface area is 94.0 Å². The van der Waals surface area contributed by atoms with E-state index in [0.717, 1.165) is 27.0 Å². The third-order valence-electron chi connectivity index (χ3n) is 2.00. The van der Waals surface area contributed by atoms with E-state index in [1.54, 1.807) is 11.3 Å². The summed E-state index contributed by atoms with van der Waals surface area (Å²) >= 11 is 5.08. The predicted molar refractivity (Wildman–Crippen MR) is 61.3 cm³/mol. The highest BCUT2D eigenvalue weighted by atomic mass is 79.9. The molecule has 0 aliphatic carbocycles. The Morgan fingerprint density at radius 3 is 3.00 bits per heavy atom. The molecule has 0 fully saturated rings. The van der Waals surface area contributed by atoms with Crippen molar-refractivity contribution in [3.63, 3.8) is 0 Å². The van der Waals surface area contributed by atoms with Crippen molar-refractivity contribution in [3.8, 4) is 10.6 Å². The fraction of sp³-hybridized carbons (Fsp3) is 0.222. The third kappa shape index (κ3) is 1.46. The summed E-state index contributed by atoms with van der Waals surface area (Å²) in [6.45, 7) is 2.04. The highest BCUT2D eigenvalue weighted by molar-refractivity contribution is 9.10. The molecule has 0 amide bonds. The molecule has 3 nitrogen and oxygen atoms in total. The van der Waals surface area contributed by atoms with Gasteiger partial charge in [-0.1, -0.05) is 12.1 Å². The van der Waals surface area contributed by atoms with Crippen LogP contribution in [0.25, 0.3) is 10.6 Å². The van der Waals surface area contributed by atoms with Crippen LogP contribution in [-0.2, 0) is 6.42 Å². The molecule has 2 N–H and O–H groups in total. The zero-order chi connectivity index (χ0) is 10.1. The normalized spacial score (nSPS) is 10.7. The maximum atomic E-state index is 5.67. The number of nitrogens with two attached hydrogens (primary N) is 1. The first kappa shape index (κ1) is 9.73. The molecular weight excluding hydrogens is 264 g/mol. The van der Waals surface area contributed by atoms with Crippen LogP contribution in [0.15, 0.2) is 20.4 Å². The first-order chi connectivity index (χ1) is 6.74. The molecule has 0 saturated heterocycles. The summed E-state index contributed by atoms with van der Waals surface area (Å²) in [5.41, 5.74) is 7.50. The fourth-order valence-electron chi connectivity index (χ4n) is 1.30. The molecule has 5 heteroatoms. The van der Waals surface area contributed by atoms with Crippen LogP contribution in [0.4, 0.5) is 5.88 Å². The molecule has 0 spiro atoms. The van der Waals surface area contributed by atoms with Crippen LogP contribution in [0.5, 0.6) is 0 Å². The van der Waals surface area contributed by atoms with Crippen LogP contribution >= 0.6 is 27.3 Å². The first-order valence-electron chi connectivity index (χ1n) is 4.21. The lowest BCUT2D eigenvalue weighted by Gasteiger charge is -1.95. The standard InChI is InChI=1S/C9H9BrN2OS/c1-2-5-7(12-13-9(5)11)8-6(10)3-4-14-8/h3-4H,2,11H2,1H3. The van der Waals surface area contributed by atoms with Gasteiger partial charge in [0, 0.05) is 10.0 Å². The highest BCUT2D eigenvalue weighted by Crippen LogP contribution is 2.36. The van der Waals surface area contributed by atoms with Gasteiger partial charge in [0.25, 0.3) is 0 Å². The van der Waals surface area contributed by atoms with Crippen LogP contribution < -0.4 is 5.73 Å². The molecule has 14 heavy (non-hydrogen) atoms. The van der Waals surface area contributed by atoms with Crippen molar-refractivity contribution in [3.05, 3.63) is 21.5 Å². The van der Waals surface area contributed by atoms with E-state index in [2.05, 4.69) is 21.1 Å². The Morgan fingerprint density at radius 1 is 1.64 bits per heavy atom. The van der Waals surface area contributed by atoms with E-state index < -0.39 is 0 Å². The Kier molecular flexibility index (Phi) is 2.60. The molecule has 0 atom stereocenters. The summed E-state index contributed by atoms with van der Waals surface area (Å²) in [4.78, 5) is 1.07. The number of hydrogen-bond donors (Lipinski definition) is 1. The van der Waals surface area contributed by atoms with Gasteiger partial charge in [0.1, 0.15) is 5.69 Å². The molecule has 0 aromatic carbocycles. The Hall–Kier alpha value is -0.810. The van der Waals surface area contributed by atoms with Gasteiger partial charge in [0.05, 0.1) is 4.88 Å². The lowest BCUT2D eigenvalue weighted by atomic mass is 10.1. The smallest absolute Gasteiger partial charge is 0.225 e. The number of nitrogens with zero attached hydrogens (tertiary/aromatic N) is 1. The van der Waals surface area contributed by atoms with Gasteiger partial charge in [-0.2, -0.15) is 0 Å². The number of hydrogen-bond acceptors (Lipinski definition) is 4. The van der Waals surface area contributed by atoms with E-state index in [1.807, 2.05) is 18.4 Å². The molecule has 0 aliphatic rings. The number of nitrogen functional groups attached to an aromatic ring is 1. The lowest BCUT2D eigenvalue weighted by Crippen LogP contribution is -1.88. The van der Waals surface area contributed by atoms with E-state index >= 15 is 0 Å². The molecule has 2 rings (SSSR count). The van der Waals surface area contributed by atoms with Gasteiger partial charge in [0.2, 0.25) is 5.88 Å². The number of halogens is 1. The summed E-state index contributed by atoms with van der Waals surface area (Å²) in [6.07, 6.45) is 0.828. The van der Waals surface area contributed by atoms with Gasteiger partial charge >= 0.3 is 0 Å². The van der Waals surface area contributed by atoms with Crippen LogP contribution in [-0.4, -0.2) is 5.16 Å². The van der Waals surface area contributed by atoms with Crippen molar-refractivity contribution >= 4 is 33.2 Å². The minimum absolute atomic E-state index is 0.419. The predicted octanol–water partition coefficient (Wildman–Crippen LogP) is 3.31. The van der Waals surface area contributed by atoms with Crippen LogP contribution in [0.3, 0.4) is 0 Å². The van der Waals surface area contributed by atoms with Crippen LogP contribution in [0, 0.1) is 0 Å². The monoisotopic (exact) mass is 272 g/mol. The Bertz CT molecular complexity index is 449. The molecule has 2 aromatic rings. The average Bonchev–Trinajstić information content (AvgIpc) is 2.71. The second kappa shape index (κ2) is 3.74. The molecule has 0 saturated carbocycles. The number of anilines is 1. The molecule has 74 valence electrons. The van der Waals surface area contributed by atoms with E-state index in [1.165, 1.54) is 0 Å². The molecule has 0 aliphatic heterocycles. The van der Waals surface area contributed by atoms with Crippen molar-refractivity contribution in [2.45, 2.75) is 13.3 Å². The second-order valence-electron chi connectivity index (χ2n) is 2.83. The number of thiophene rings is 1. The molecule has 0 unspecified atom stereocenters. The minimum atomic E-state index is 0.419. The zero-order valence-electron chi connectivity index (χ0n) is 7.58. The number of rotatable bonds is 2. The summed E-state index contributed by atoms with van der Waals surface area (Å²) in [7, 11) is 0. The van der Waals surface area contributed by atoms with Gasteiger partial charge in [-0.15, -0.1) is 11.3 Å². The van der Waals surface area contributed by atoms with Gasteiger partial charge in [-0.25, -0.2) is 0 Å². The maximum Gasteiger partial charge on any atom is 0.225 e.